The molecule has 0 aliphatic rings. The van der Waals surface area contributed by atoms with E-state index in [0.29, 0.717) is 16.8 Å². The van der Waals surface area contributed by atoms with Crippen LogP contribution in [0.5, 0.6) is 5.88 Å². The van der Waals surface area contributed by atoms with Crippen LogP contribution >= 0.6 is 0 Å². The zero-order valence-corrected chi connectivity index (χ0v) is 16.2. The zero-order valence-electron chi connectivity index (χ0n) is 16.2. The minimum absolute atomic E-state index is 0.0149. The molecule has 0 spiro atoms. The summed E-state index contributed by atoms with van der Waals surface area (Å²) in [7, 11) is 0. The van der Waals surface area contributed by atoms with Crippen LogP contribution in [0.3, 0.4) is 0 Å². The molecular weight excluding hydrogens is 399 g/mol. The van der Waals surface area contributed by atoms with E-state index >= 15 is 0 Å². The van der Waals surface area contributed by atoms with E-state index in [1.165, 1.54) is 24.3 Å². The second kappa shape index (κ2) is 8.48. The zero-order chi connectivity index (χ0) is 21.9. The minimum atomic E-state index is -4.40. The normalized spacial score (nSPS) is 11.5. The second-order valence-electron chi connectivity index (χ2n) is 6.90. The van der Waals surface area contributed by atoms with Gasteiger partial charge >= 0.3 is 6.18 Å². The molecule has 1 aromatic heterocycles. The Morgan fingerprint density at radius 1 is 1.07 bits per heavy atom. The molecule has 0 aliphatic heterocycles. The van der Waals surface area contributed by atoms with Crippen molar-refractivity contribution in [2.24, 2.45) is 0 Å². The molecule has 2 aromatic carbocycles. The monoisotopic (exact) mass is 417 g/mol. The molecule has 9 heteroatoms. The van der Waals surface area contributed by atoms with Gasteiger partial charge in [0.2, 0.25) is 5.88 Å². The number of nitro groups is 1. The Labute approximate surface area is 170 Å². The van der Waals surface area contributed by atoms with Crippen molar-refractivity contribution < 1.29 is 22.8 Å². The van der Waals surface area contributed by atoms with Crippen molar-refractivity contribution >= 4 is 5.69 Å². The molecule has 0 amide bonds. The number of aromatic nitrogens is 2. The Kier molecular flexibility index (Phi) is 6.00. The fourth-order valence-electron chi connectivity index (χ4n) is 2.65. The van der Waals surface area contributed by atoms with Gasteiger partial charge in [0.05, 0.1) is 16.2 Å². The number of ether oxygens (including phenoxy) is 1. The molecule has 0 radical (unpaired) electrons. The molecule has 3 aromatic rings. The van der Waals surface area contributed by atoms with Crippen LogP contribution in [0.1, 0.15) is 36.6 Å². The summed E-state index contributed by atoms with van der Waals surface area (Å²) in [5.74, 6) is 0.543. The highest BCUT2D eigenvalue weighted by molar-refractivity contribution is 5.59. The molecule has 0 fully saturated rings. The van der Waals surface area contributed by atoms with Crippen molar-refractivity contribution in [3.05, 3.63) is 81.5 Å². The summed E-state index contributed by atoms with van der Waals surface area (Å²) in [6.07, 6.45) is -4.40. The van der Waals surface area contributed by atoms with Crippen LogP contribution in [0.2, 0.25) is 0 Å². The topological polar surface area (TPSA) is 78.2 Å². The number of alkyl halides is 3. The van der Waals surface area contributed by atoms with Crippen molar-refractivity contribution in [1.82, 2.24) is 9.97 Å². The van der Waals surface area contributed by atoms with E-state index in [0.717, 1.165) is 12.1 Å². The van der Waals surface area contributed by atoms with Crippen LogP contribution in [0.25, 0.3) is 11.4 Å². The number of non-ortho nitro benzene ring substituents is 1. The number of hydrogen-bond donors (Lipinski definition) is 0. The van der Waals surface area contributed by atoms with Gasteiger partial charge in [-0.2, -0.15) is 18.2 Å². The van der Waals surface area contributed by atoms with Gasteiger partial charge in [0, 0.05) is 23.8 Å². The van der Waals surface area contributed by atoms with Crippen LogP contribution in [0, 0.1) is 10.1 Å². The number of rotatable bonds is 6. The number of benzene rings is 2. The number of halogens is 3. The third-order valence-electron chi connectivity index (χ3n) is 4.30. The first-order valence-corrected chi connectivity index (χ1v) is 9.06. The highest BCUT2D eigenvalue weighted by atomic mass is 19.4. The quantitative estimate of drug-likeness (QED) is 0.376. The molecule has 1 heterocycles. The first kappa shape index (κ1) is 21.2. The highest BCUT2D eigenvalue weighted by Crippen LogP contribution is 2.29. The largest absolute Gasteiger partial charge is 0.473 e. The van der Waals surface area contributed by atoms with Crippen LogP contribution in [0.4, 0.5) is 18.9 Å². The maximum absolute atomic E-state index is 12.7. The van der Waals surface area contributed by atoms with Crippen molar-refractivity contribution in [2.45, 2.75) is 32.5 Å². The van der Waals surface area contributed by atoms with Gasteiger partial charge in [-0.15, -0.1) is 0 Å². The lowest BCUT2D eigenvalue weighted by atomic mass is 10.1. The Bertz CT molecular complexity index is 1050. The number of nitrogens with zero attached hydrogens (tertiary/aromatic N) is 3. The van der Waals surface area contributed by atoms with E-state index < -0.39 is 16.7 Å². The average molecular weight is 417 g/mol. The van der Waals surface area contributed by atoms with E-state index in [1.54, 1.807) is 18.2 Å². The molecule has 0 saturated carbocycles. The van der Waals surface area contributed by atoms with Crippen LogP contribution in [0.15, 0.2) is 54.6 Å². The standard InChI is InChI=1S/C21H18F3N3O3/c1-13(2)18-11-19(30-12-14-6-8-16(9-7-14)21(22,23)24)26-20(25-18)15-4-3-5-17(10-15)27(28)29/h3-11,13H,12H2,1-2H3. The molecular formula is C21H18F3N3O3. The average Bonchev–Trinajstić information content (AvgIpc) is 2.71. The molecule has 156 valence electrons. The van der Waals surface area contributed by atoms with Gasteiger partial charge < -0.3 is 4.74 Å². The maximum atomic E-state index is 12.7. The van der Waals surface area contributed by atoms with E-state index in [-0.39, 0.29) is 29.9 Å². The molecule has 0 bridgehead atoms. The molecule has 0 saturated heterocycles. The van der Waals surface area contributed by atoms with E-state index in [2.05, 4.69) is 9.97 Å². The summed E-state index contributed by atoms with van der Waals surface area (Å²) in [6.45, 7) is 3.87. The van der Waals surface area contributed by atoms with Gasteiger partial charge in [-0.1, -0.05) is 38.1 Å². The summed E-state index contributed by atoms with van der Waals surface area (Å²) < 4.78 is 43.7. The molecule has 0 N–H and O–H groups in total. The lowest BCUT2D eigenvalue weighted by Crippen LogP contribution is -2.06. The van der Waals surface area contributed by atoms with Crippen LogP contribution < -0.4 is 4.74 Å². The van der Waals surface area contributed by atoms with E-state index in [4.69, 9.17) is 4.74 Å². The first-order valence-electron chi connectivity index (χ1n) is 9.06. The molecule has 3 rings (SSSR count). The summed E-state index contributed by atoms with van der Waals surface area (Å²) in [6, 6.07) is 12.3. The SMILES string of the molecule is CC(C)c1cc(OCc2ccc(C(F)(F)F)cc2)nc(-c2cccc([N+](=O)[O-])c2)n1. The smallest absolute Gasteiger partial charge is 0.416 e. The number of hydrogen-bond acceptors (Lipinski definition) is 5. The molecule has 0 unspecified atom stereocenters. The van der Waals surface area contributed by atoms with Crippen molar-refractivity contribution in [1.29, 1.82) is 0 Å². The number of nitro benzene ring substituents is 1. The van der Waals surface area contributed by atoms with Gasteiger partial charge in [-0.25, -0.2) is 4.98 Å². The Hall–Kier alpha value is -3.49. The first-order chi connectivity index (χ1) is 14.1. The lowest BCUT2D eigenvalue weighted by Gasteiger charge is -2.12. The van der Waals surface area contributed by atoms with Gasteiger partial charge in [-0.3, -0.25) is 10.1 Å². The molecule has 0 atom stereocenters. The predicted molar refractivity (Wildman–Crippen MR) is 104 cm³/mol. The fraction of sp³-hybridized carbons (Fsp3) is 0.238. The highest BCUT2D eigenvalue weighted by Gasteiger charge is 2.29. The Morgan fingerprint density at radius 3 is 2.37 bits per heavy atom. The summed E-state index contributed by atoms with van der Waals surface area (Å²) >= 11 is 0. The van der Waals surface area contributed by atoms with Crippen LogP contribution in [-0.2, 0) is 12.8 Å². The van der Waals surface area contributed by atoms with E-state index in [9.17, 15) is 23.3 Å². The predicted octanol–water partition coefficient (Wildman–Crippen LogP) is 5.77. The summed E-state index contributed by atoms with van der Waals surface area (Å²) in [4.78, 5) is 19.3. The fourth-order valence-corrected chi connectivity index (χ4v) is 2.65. The summed E-state index contributed by atoms with van der Waals surface area (Å²) in [5.41, 5.74) is 0.867. The molecule has 6 nitrogen and oxygen atoms in total. The molecule has 30 heavy (non-hydrogen) atoms. The maximum Gasteiger partial charge on any atom is 0.416 e. The molecule has 0 aliphatic carbocycles. The summed E-state index contributed by atoms with van der Waals surface area (Å²) in [5, 5.41) is 11.0. The lowest BCUT2D eigenvalue weighted by molar-refractivity contribution is -0.384. The Morgan fingerprint density at radius 2 is 1.77 bits per heavy atom. The Balaban J connectivity index is 1.86. The van der Waals surface area contributed by atoms with Crippen molar-refractivity contribution in [3.8, 4) is 17.3 Å². The van der Waals surface area contributed by atoms with Gasteiger partial charge in [0.1, 0.15) is 6.61 Å². The third kappa shape index (κ3) is 5.11. The van der Waals surface area contributed by atoms with Gasteiger partial charge in [0.15, 0.2) is 5.82 Å². The van der Waals surface area contributed by atoms with Crippen molar-refractivity contribution in [3.63, 3.8) is 0 Å². The minimum Gasteiger partial charge on any atom is -0.473 e. The second-order valence-corrected chi connectivity index (χ2v) is 6.90. The van der Waals surface area contributed by atoms with Crippen LogP contribution in [-0.4, -0.2) is 14.9 Å². The van der Waals surface area contributed by atoms with Gasteiger partial charge in [0.25, 0.3) is 5.69 Å². The van der Waals surface area contributed by atoms with Gasteiger partial charge in [-0.05, 0) is 23.6 Å². The van der Waals surface area contributed by atoms with Crippen molar-refractivity contribution in [2.75, 3.05) is 0 Å². The van der Waals surface area contributed by atoms with E-state index in [1.807, 2.05) is 13.8 Å². The third-order valence-corrected chi connectivity index (χ3v) is 4.30.